The Kier molecular flexibility index (Phi) is 5.48. The number of carboxylic acids is 1. The molecule has 176 valence electrons. The molecule has 1 aliphatic carbocycles. The maximum Gasteiger partial charge on any atom is 0.322 e. The van der Waals surface area contributed by atoms with Gasteiger partial charge in [-0.3, -0.25) is 19.4 Å². The fourth-order valence-corrected chi connectivity index (χ4v) is 4.02. The van der Waals surface area contributed by atoms with E-state index in [1.165, 1.54) is 18.3 Å². The minimum absolute atomic E-state index is 0.314. The summed E-state index contributed by atoms with van der Waals surface area (Å²) < 4.78 is 14.9. The van der Waals surface area contributed by atoms with Crippen LogP contribution in [0, 0.1) is 5.82 Å². The molecule has 0 spiro atoms. The molecule has 9 nitrogen and oxygen atoms in total. The molecule has 0 saturated heterocycles. The maximum absolute atomic E-state index is 13.3. The predicted octanol–water partition coefficient (Wildman–Crippen LogP) is 2.79. The van der Waals surface area contributed by atoms with Gasteiger partial charge in [0.05, 0.1) is 34.7 Å². The summed E-state index contributed by atoms with van der Waals surface area (Å²) in [6, 6.07) is 12.6. The number of nitrogens with one attached hydrogen (secondary N) is 2. The fourth-order valence-electron chi connectivity index (χ4n) is 4.02. The minimum Gasteiger partial charge on any atom is -0.480 e. The van der Waals surface area contributed by atoms with E-state index in [0.717, 1.165) is 5.56 Å². The highest BCUT2D eigenvalue weighted by Crippen LogP contribution is 2.46. The molecule has 1 saturated carbocycles. The van der Waals surface area contributed by atoms with Crippen LogP contribution in [-0.2, 0) is 10.3 Å². The second-order valence-electron chi connectivity index (χ2n) is 8.35. The van der Waals surface area contributed by atoms with Crippen molar-refractivity contribution in [2.75, 3.05) is 6.54 Å². The summed E-state index contributed by atoms with van der Waals surface area (Å²) >= 11 is 0. The van der Waals surface area contributed by atoms with Gasteiger partial charge in [-0.25, -0.2) is 9.07 Å². The highest BCUT2D eigenvalue weighted by Gasteiger charge is 2.46. The Morgan fingerprint density at radius 2 is 1.80 bits per heavy atom. The highest BCUT2D eigenvalue weighted by molar-refractivity contribution is 6.06. The van der Waals surface area contributed by atoms with Gasteiger partial charge in [0.1, 0.15) is 12.4 Å². The van der Waals surface area contributed by atoms with E-state index in [2.05, 4.69) is 20.7 Å². The van der Waals surface area contributed by atoms with Gasteiger partial charge in [0.2, 0.25) is 0 Å². The minimum atomic E-state index is -1.13. The Bertz CT molecular complexity index is 1460. The predicted molar refractivity (Wildman–Crippen MR) is 124 cm³/mol. The van der Waals surface area contributed by atoms with Gasteiger partial charge in [0, 0.05) is 17.1 Å². The van der Waals surface area contributed by atoms with Gasteiger partial charge in [-0.15, -0.1) is 0 Å². The zero-order chi connectivity index (χ0) is 24.6. The van der Waals surface area contributed by atoms with Gasteiger partial charge in [-0.05, 0) is 54.8 Å². The summed E-state index contributed by atoms with van der Waals surface area (Å²) in [6.07, 6.45) is 6.02. The normalized spacial score (nSPS) is 13.9. The van der Waals surface area contributed by atoms with Gasteiger partial charge in [0.25, 0.3) is 11.8 Å². The van der Waals surface area contributed by atoms with E-state index in [4.69, 9.17) is 5.11 Å². The smallest absolute Gasteiger partial charge is 0.322 e. The van der Waals surface area contributed by atoms with E-state index >= 15 is 0 Å². The number of aliphatic carboxylic acids is 1. The van der Waals surface area contributed by atoms with Crippen LogP contribution in [0.25, 0.3) is 16.6 Å². The van der Waals surface area contributed by atoms with Crippen LogP contribution in [0.3, 0.4) is 0 Å². The number of pyridine rings is 1. The second-order valence-corrected chi connectivity index (χ2v) is 8.35. The SMILES string of the molecule is O=C(O)CNC(=O)c1cccc(C2(NC(=O)c3cncc4c3cnn4-c3ccc(F)cc3)CC2)c1. The molecule has 0 unspecified atom stereocenters. The number of rotatable bonds is 7. The lowest BCUT2D eigenvalue weighted by atomic mass is 10.0. The van der Waals surface area contributed by atoms with Crippen molar-refractivity contribution in [2.24, 2.45) is 0 Å². The van der Waals surface area contributed by atoms with Crippen LogP contribution in [0.15, 0.2) is 67.1 Å². The third-order valence-electron chi connectivity index (χ3n) is 5.99. The van der Waals surface area contributed by atoms with Crippen molar-refractivity contribution < 1.29 is 23.9 Å². The number of carbonyl (C=O) groups is 3. The molecule has 4 aromatic rings. The summed E-state index contributed by atoms with van der Waals surface area (Å²) in [5.74, 6) is -2.33. The zero-order valence-electron chi connectivity index (χ0n) is 18.4. The number of benzene rings is 2. The first-order valence-electron chi connectivity index (χ1n) is 10.9. The lowest BCUT2D eigenvalue weighted by Crippen LogP contribution is -2.35. The van der Waals surface area contributed by atoms with Gasteiger partial charge in [0.15, 0.2) is 0 Å². The summed E-state index contributed by atoms with van der Waals surface area (Å²) in [5.41, 5.74) is 2.03. The molecular weight excluding hydrogens is 453 g/mol. The van der Waals surface area contributed by atoms with Crippen LogP contribution in [0.5, 0.6) is 0 Å². The van der Waals surface area contributed by atoms with Crippen molar-refractivity contribution in [3.05, 3.63) is 89.6 Å². The molecule has 5 rings (SSSR count). The van der Waals surface area contributed by atoms with Gasteiger partial charge >= 0.3 is 5.97 Å². The average molecular weight is 473 g/mol. The molecule has 3 N–H and O–H groups in total. The number of carbonyl (C=O) groups excluding carboxylic acids is 2. The number of fused-ring (bicyclic) bond motifs is 1. The average Bonchev–Trinajstić information content (AvgIpc) is 3.51. The Balaban J connectivity index is 1.40. The van der Waals surface area contributed by atoms with Crippen molar-refractivity contribution in [1.82, 2.24) is 25.4 Å². The number of aromatic nitrogens is 3. The Morgan fingerprint density at radius 1 is 1.03 bits per heavy atom. The van der Waals surface area contributed by atoms with E-state index in [0.29, 0.717) is 40.6 Å². The molecular formula is C25H20FN5O4. The monoisotopic (exact) mass is 473 g/mol. The number of amides is 2. The van der Waals surface area contributed by atoms with Gasteiger partial charge in [-0.1, -0.05) is 12.1 Å². The van der Waals surface area contributed by atoms with Gasteiger partial charge in [-0.2, -0.15) is 5.10 Å². The molecule has 2 amide bonds. The van der Waals surface area contributed by atoms with Crippen LogP contribution in [0.4, 0.5) is 4.39 Å². The maximum atomic E-state index is 13.3. The molecule has 0 aliphatic heterocycles. The van der Waals surface area contributed by atoms with E-state index in [1.54, 1.807) is 47.4 Å². The molecule has 2 aromatic carbocycles. The van der Waals surface area contributed by atoms with Crippen LogP contribution >= 0.6 is 0 Å². The fraction of sp³-hybridized carbons (Fsp3) is 0.160. The van der Waals surface area contributed by atoms with E-state index < -0.39 is 24.0 Å². The third kappa shape index (κ3) is 4.33. The number of hydrogen-bond donors (Lipinski definition) is 3. The quantitative estimate of drug-likeness (QED) is 0.379. The molecule has 2 aromatic heterocycles. The highest BCUT2D eigenvalue weighted by atomic mass is 19.1. The third-order valence-corrected chi connectivity index (χ3v) is 5.99. The van der Waals surface area contributed by atoms with E-state index in [9.17, 15) is 18.8 Å². The number of hydrogen-bond acceptors (Lipinski definition) is 5. The first kappa shape index (κ1) is 22.2. The zero-order valence-corrected chi connectivity index (χ0v) is 18.4. The summed E-state index contributed by atoms with van der Waals surface area (Å²) in [4.78, 5) is 40.5. The lowest BCUT2D eigenvalue weighted by molar-refractivity contribution is -0.135. The Labute approximate surface area is 198 Å². The van der Waals surface area contributed by atoms with E-state index in [-0.39, 0.29) is 11.7 Å². The van der Waals surface area contributed by atoms with Crippen molar-refractivity contribution in [3.63, 3.8) is 0 Å². The van der Waals surface area contributed by atoms with Crippen molar-refractivity contribution in [2.45, 2.75) is 18.4 Å². The van der Waals surface area contributed by atoms with Crippen molar-refractivity contribution in [1.29, 1.82) is 0 Å². The van der Waals surface area contributed by atoms with Crippen molar-refractivity contribution in [3.8, 4) is 5.69 Å². The molecule has 35 heavy (non-hydrogen) atoms. The number of halogens is 1. The topological polar surface area (TPSA) is 126 Å². The molecule has 0 atom stereocenters. The van der Waals surface area contributed by atoms with Crippen LogP contribution in [-0.4, -0.2) is 44.2 Å². The number of nitrogens with zero attached hydrogens (tertiary/aromatic N) is 3. The first-order chi connectivity index (χ1) is 16.9. The summed E-state index contributed by atoms with van der Waals surface area (Å²) in [6.45, 7) is -0.479. The molecule has 1 aliphatic rings. The largest absolute Gasteiger partial charge is 0.480 e. The molecule has 10 heteroatoms. The first-order valence-corrected chi connectivity index (χ1v) is 10.9. The van der Waals surface area contributed by atoms with Crippen LogP contribution in [0.2, 0.25) is 0 Å². The Hall–Kier alpha value is -4.60. The summed E-state index contributed by atoms with van der Waals surface area (Å²) in [7, 11) is 0. The molecule has 0 radical (unpaired) electrons. The lowest BCUT2D eigenvalue weighted by Gasteiger charge is -2.19. The standard InChI is InChI=1S/C25H20FN5O4/c26-17-4-6-18(7-5-17)31-21-13-27-11-20(19(21)12-29-31)24(35)30-25(8-9-25)16-3-1-2-15(10-16)23(34)28-14-22(32)33/h1-7,10-13H,8-9,14H2,(H,28,34)(H,30,35)(H,32,33). The van der Waals surface area contributed by atoms with Gasteiger partial charge < -0.3 is 15.7 Å². The van der Waals surface area contributed by atoms with Crippen molar-refractivity contribution >= 4 is 28.7 Å². The van der Waals surface area contributed by atoms with E-state index in [1.807, 2.05) is 6.07 Å². The molecule has 1 fully saturated rings. The Morgan fingerprint density at radius 3 is 2.51 bits per heavy atom. The molecule has 2 heterocycles. The second kappa shape index (κ2) is 8.64. The van der Waals surface area contributed by atoms with Crippen LogP contribution in [0.1, 0.15) is 39.1 Å². The van der Waals surface area contributed by atoms with Crippen LogP contribution < -0.4 is 10.6 Å². The summed E-state index contributed by atoms with van der Waals surface area (Å²) in [5, 5.41) is 19.1. The molecule has 0 bridgehead atoms. The number of carboxylic acid groups (broad SMARTS) is 1.